The lowest BCUT2D eigenvalue weighted by molar-refractivity contribution is 0.354. The summed E-state index contributed by atoms with van der Waals surface area (Å²) in [6.45, 7) is 4.82. The van der Waals surface area contributed by atoms with E-state index in [2.05, 4.69) is 0 Å². The second-order valence-electron chi connectivity index (χ2n) is 7.52. The number of halogens is 3. The Hall–Kier alpha value is -1.86. The highest BCUT2D eigenvalue weighted by atomic mass is 35.5. The molecule has 3 rings (SSSR count). The molecule has 3 aromatic rings. The van der Waals surface area contributed by atoms with Crippen LogP contribution in [-0.4, -0.2) is 23.8 Å². The van der Waals surface area contributed by atoms with Crippen molar-refractivity contribution in [3.8, 4) is 0 Å². The predicted octanol–water partition coefficient (Wildman–Crippen LogP) is 5.83. The number of rotatable bonds is 8. The molecule has 0 saturated heterocycles. The van der Waals surface area contributed by atoms with E-state index in [1.807, 2.05) is 42.8 Å². The van der Waals surface area contributed by atoms with Gasteiger partial charge in [-0.2, -0.15) is 4.31 Å². The molecule has 0 radical (unpaired) electrons. The maximum atomic E-state index is 13.5. The molecule has 160 valence electrons. The van der Waals surface area contributed by atoms with Crippen LogP contribution in [0.25, 0.3) is 0 Å². The quantitative estimate of drug-likeness (QED) is 0.417. The van der Waals surface area contributed by atoms with Gasteiger partial charge in [0.25, 0.3) is 0 Å². The molecule has 0 aliphatic rings. The molecule has 4 nitrogen and oxygen atoms in total. The van der Waals surface area contributed by atoms with E-state index in [0.29, 0.717) is 18.1 Å². The summed E-state index contributed by atoms with van der Waals surface area (Å²) in [6.07, 6.45) is 1.85. The molecular formula is C22H23Cl2FN2O2S. The third-order valence-corrected chi connectivity index (χ3v) is 7.11. The highest BCUT2D eigenvalue weighted by Gasteiger charge is 2.28. The van der Waals surface area contributed by atoms with Crippen LogP contribution in [0.15, 0.2) is 65.7 Å². The highest BCUT2D eigenvalue weighted by molar-refractivity contribution is 7.89. The molecule has 0 atom stereocenters. The molecule has 2 aromatic carbocycles. The smallest absolute Gasteiger partial charge is 0.244 e. The lowest BCUT2D eigenvalue weighted by atomic mass is 10.2. The van der Waals surface area contributed by atoms with E-state index in [4.69, 9.17) is 23.2 Å². The van der Waals surface area contributed by atoms with E-state index in [-0.39, 0.29) is 28.2 Å². The average molecular weight is 469 g/mol. The number of hydrogen-bond donors (Lipinski definition) is 0. The normalized spacial score (nSPS) is 12.1. The second kappa shape index (κ2) is 9.52. The van der Waals surface area contributed by atoms with Crippen LogP contribution in [-0.2, 0) is 23.1 Å². The van der Waals surface area contributed by atoms with Gasteiger partial charge in [0.2, 0.25) is 10.0 Å². The van der Waals surface area contributed by atoms with Crippen molar-refractivity contribution in [1.29, 1.82) is 0 Å². The molecule has 0 bridgehead atoms. The maximum absolute atomic E-state index is 13.5. The van der Waals surface area contributed by atoms with Gasteiger partial charge in [0, 0.05) is 30.0 Å². The van der Waals surface area contributed by atoms with Crippen LogP contribution in [0.1, 0.15) is 25.1 Å². The number of nitrogens with zero attached hydrogens (tertiary/aromatic N) is 2. The van der Waals surface area contributed by atoms with Crippen LogP contribution in [0.3, 0.4) is 0 Å². The fourth-order valence-electron chi connectivity index (χ4n) is 3.23. The van der Waals surface area contributed by atoms with Gasteiger partial charge in [-0.15, -0.1) is 0 Å². The lowest BCUT2D eigenvalue weighted by Crippen LogP contribution is -2.34. The summed E-state index contributed by atoms with van der Waals surface area (Å²) in [5.74, 6) is -0.204. The molecule has 0 N–H and O–H groups in total. The van der Waals surface area contributed by atoms with Crippen molar-refractivity contribution in [2.24, 2.45) is 5.92 Å². The third-order valence-electron chi connectivity index (χ3n) is 4.58. The minimum Gasteiger partial charge on any atom is -0.346 e. The summed E-state index contributed by atoms with van der Waals surface area (Å²) < 4.78 is 43.7. The van der Waals surface area contributed by atoms with Crippen LogP contribution in [0.2, 0.25) is 10.0 Å². The standard InChI is InChI=1S/C22H23Cl2FN2O2S/c1-16(2)13-27(30(28,29)22-12-18(23)8-9-21(22)24)15-20-7-4-10-26(20)14-17-5-3-6-19(25)11-17/h3-12,16H,13-15H2,1-2H3. The summed E-state index contributed by atoms with van der Waals surface area (Å²) in [5.41, 5.74) is 1.59. The Bertz CT molecular complexity index is 1130. The summed E-state index contributed by atoms with van der Waals surface area (Å²) in [4.78, 5) is -0.0134. The van der Waals surface area contributed by atoms with Gasteiger partial charge >= 0.3 is 0 Å². The van der Waals surface area contributed by atoms with Gasteiger partial charge < -0.3 is 4.57 Å². The molecule has 1 aromatic heterocycles. The molecule has 8 heteroatoms. The van der Waals surface area contributed by atoms with Crippen molar-refractivity contribution in [2.45, 2.75) is 31.8 Å². The van der Waals surface area contributed by atoms with Crippen LogP contribution in [0, 0.1) is 11.7 Å². The van der Waals surface area contributed by atoms with Crippen LogP contribution < -0.4 is 0 Å². The van der Waals surface area contributed by atoms with Crippen molar-refractivity contribution in [3.05, 3.63) is 87.9 Å². The molecule has 0 amide bonds. The van der Waals surface area contributed by atoms with Gasteiger partial charge in [-0.3, -0.25) is 0 Å². The van der Waals surface area contributed by atoms with Crippen molar-refractivity contribution in [1.82, 2.24) is 8.87 Å². The van der Waals surface area contributed by atoms with Gasteiger partial charge in [-0.25, -0.2) is 12.8 Å². The van der Waals surface area contributed by atoms with Gasteiger partial charge in [-0.1, -0.05) is 49.2 Å². The lowest BCUT2D eigenvalue weighted by Gasteiger charge is -2.25. The first-order valence-corrected chi connectivity index (χ1v) is 11.7. The average Bonchev–Trinajstić information content (AvgIpc) is 3.09. The Labute approximate surface area is 186 Å². The fourth-order valence-corrected chi connectivity index (χ4v) is 5.54. The number of sulfonamides is 1. The monoisotopic (exact) mass is 468 g/mol. The molecule has 0 spiro atoms. The largest absolute Gasteiger partial charge is 0.346 e. The van der Waals surface area contributed by atoms with E-state index >= 15 is 0 Å². The summed E-state index contributed by atoms with van der Waals surface area (Å²) in [6, 6.07) is 14.5. The fraction of sp³-hybridized carbons (Fsp3) is 0.273. The number of hydrogen-bond acceptors (Lipinski definition) is 2. The van der Waals surface area contributed by atoms with Crippen LogP contribution in [0.4, 0.5) is 4.39 Å². The van der Waals surface area contributed by atoms with Crippen molar-refractivity contribution >= 4 is 33.2 Å². The van der Waals surface area contributed by atoms with E-state index in [1.54, 1.807) is 12.1 Å². The Kier molecular flexibility index (Phi) is 7.24. The maximum Gasteiger partial charge on any atom is 0.244 e. The first-order valence-electron chi connectivity index (χ1n) is 9.50. The number of aromatic nitrogens is 1. The summed E-state index contributed by atoms with van der Waals surface area (Å²) in [7, 11) is -3.88. The first kappa shape index (κ1) is 22.8. The van der Waals surface area contributed by atoms with Gasteiger partial charge in [0.1, 0.15) is 10.7 Å². The highest BCUT2D eigenvalue weighted by Crippen LogP contribution is 2.29. The van der Waals surface area contributed by atoms with Crippen molar-refractivity contribution in [3.63, 3.8) is 0 Å². The molecular weight excluding hydrogens is 446 g/mol. The van der Waals surface area contributed by atoms with Crippen molar-refractivity contribution in [2.75, 3.05) is 6.54 Å². The van der Waals surface area contributed by atoms with Crippen molar-refractivity contribution < 1.29 is 12.8 Å². The number of benzene rings is 2. The van der Waals surface area contributed by atoms with Gasteiger partial charge in [0.05, 0.1) is 11.6 Å². The zero-order valence-electron chi connectivity index (χ0n) is 16.7. The van der Waals surface area contributed by atoms with Gasteiger partial charge in [-0.05, 0) is 53.9 Å². The molecule has 1 heterocycles. The Balaban J connectivity index is 1.93. The van der Waals surface area contributed by atoms with Crippen LogP contribution >= 0.6 is 23.2 Å². The molecule has 0 fully saturated rings. The molecule has 0 unspecified atom stereocenters. The molecule has 0 aliphatic heterocycles. The topological polar surface area (TPSA) is 42.3 Å². The Morgan fingerprint density at radius 1 is 1.07 bits per heavy atom. The minimum atomic E-state index is -3.88. The first-order chi connectivity index (χ1) is 14.2. The summed E-state index contributed by atoms with van der Waals surface area (Å²) in [5, 5.41) is 0.431. The van der Waals surface area contributed by atoms with E-state index < -0.39 is 10.0 Å². The molecule has 0 aliphatic carbocycles. The molecule has 0 saturated carbocycles. The summed E-state index contributed by atoms with van der Waals surface area (Å²) >= 11 is 12.2. The van der Waals surface area contributed by atoms with E-state index in [0.717, 1.165) is 11.3 Å². The van der Waals surface area contributed by atoms with Gasteiger partial charge in [0.15, 0.2) is 0 Å². The Morgan fingerprint density at radius 2 is 1.83 bits per heavy atom. The van der Waals surface area contributed by atoms with E-state index in [1.165, 1.54) is 28.6 Å². The zero-order chi connectivity index (χ0) is 21.9. The second-order valence-corrected chi connectivity index (χ2v) is 10.3. The Morgan fingerprint density at radius 3 is 2.53 bits per heavy atom. The molecule has 30 heavy (non-hydrogen) atoms. The minimum absolute atomic E-state index is 0.0134. The third kappa shape index (κ3) is 5.43. The zero-order valence-corrected chi connectivity index (χ0v) is 19.1. The predicted molar refractivity (Wildman–Crippen MR) is 119 cm³/mol. The SMILES string of the molecule is CC(C)CN(Cc1cccn1Cc1cccc(F)c1)S(=O)(=O)c1cc(Cl)ccc1Cl. The van der Waals surface area contributed by atoms with Crippen LogP contribution in [0.5, 0.6) is 0 Å². The van der Waals surface area contributed by atoms with E-state index in [9.17, 15) is 12.8 Å².